The Hall–Kier alpha value is -1.59. The van der Waals surface area contributed by atoms with E-state index in [9.17, 15) is 14.7 Å². The summed E-state index contributed by atoms with van der Waals surface area (Å²) >= 11 is 6.16. The first kappa shape index (κ1) is 16.3. The van der Waals surface area contributed by atoms with E-state index in [1.165, 1.54) is 0 Å². The number of benzene rings is 1. The number of anilines is 1. The number of carbonyl (C=O) groups is 2. The minimum atomic E-state index is -0.405. The maximum absolute atomic E-state index is 12.7. The van der Waals surface area contributed by atoms with E-state index in [-0.39, 0.29) is 30.1 Å². The van der Waals surface area contributed by atoms with Gasteiger partial charge >= 0.3 is 0 Å². The summed E-state index contributed by atoms with van der Waals surface area (Å²) in [6, 6.07) is 7.19. The molecule has 6 heteroatoms. The molecule has 2 aliphatic rings. The van der Waals surface area contributed by atoms with Gasteiger partial charge in [-0.15, -0.1) is 0 Å². The lowest BCUT2D eigenvalue weighted by atomic mass is 10.0. The van der Waals surface area contributed by atoms with E-state index in [1.807, 2.05) is 12.1 Å². The highest BCUT2D eigenvalue weighted by molar-refractivity contribution is 6.33. The second-order valence-corrected chi connectivity index (χ2v) is 6.84. The Morgan fingerprint density at radius 3 is 2.74 bits per heavy atom. The zero-order valence-electron chi connectivity index (χ0n) is 13.1. The molecule has 2 aliphatic heterocycles. The van der Waals surface area contributed by atoms with Gasteiger partial charge in [0.25, 0.3) is 0 Å². The first-order valence-corrected chi connectivity index (χ1v) is 8.37. The normalized spacial score (nSPS) is 26.0. The summed E-state index contributed by atoms with van der Waals surface area (Å²) in [5, 5.41) is 10.2. The fourth-order valence-corrected chi connectivity index (χ4v) is 3.65. The fourth-order valence-electron chi connectivity index (χ4n) is 3.42. The number of carbonyl (C=O) groups excluding carboxylic acids is 2. The molecule has 2 amide bonds. The van der Waals surface area contributed by atoms with Gasteiger partial charge in [-0.2, -0.15) is 0 Å². The Morgan fingerprint density at radius 1 is 1.35 bits per heavy atom. The minimum Gasteiger partial charge on any atom is -0.393 e. The molecule has 1 N–H and O–H groups in total. The zero-order valence-corrected chi connectivity index (χ0v) is 13.9. The van der Waals surface area contributed by atoms with Crippen molar-refractivity contribution in [1.29, 1.82) is 0 Å². The molecule has 0 aromatic heterocycles. The summed E-state index contributed by atoms with van der Waals surface area (Å²) in [5.74, 6) is -0.249. The summed E-state index contributed by atoms with van der Waals surface area (Å²) in [4.78, 5) is 28.3. The molecule has 3 rings (SSSR count). The molecule has 23 heavy (non-hydrogen) atoms. The van der Waals surface area contributed by atoms with Crippen molar-refractivity contribution in [1.82, 2.24) is 4.90 Å². The standard InChI is InChI=1S/C17H21ClN2O3/c1-11(21)12-6-7-19(9-12)17(23)13-8-16(22)20(10-13)15-5-3-2-4-14(15)18/h2-5,11-13,21H,6-10H2,1H3. The lowest BCUT2D eigenvalue weighted by molar-refractivity contribution is -0.135. The van der Waals surface area contributed by atoms with Crippen LogP contribution >= 0.6 is 11.6 Å². The first-order chi connectivity index (χ1) is 11.0. The van der Waals surface area contributed by atoms with E-state index in [0.717, 1.165) is 6.42 Å². The van der Waals surface area contributed by atoms with Crippen molar-refractivity contribution >= 4 is 29.1 Å². The van der Waals surface area contributed by atoms with Crippen molar-refractivity contribution in [3.8, 4) is 0 Å². The number of likely N-dealkylation sites (tertiary alicyclic amines) is 1. The molecule has 5 nitrogen and oxygen atoms in total. The van der Waals surface area contributed by atoms with E-state index in [1.54, 1.807) is 28.9 Å². The Balaban J connectivity index is 1.68. The number of nitrogens with zero attached hydrogens (tertiary/aromatic N) is 2. The van der Waals surface area contributed by atoms with Gasteiger partial charge in [-0.05, 0) is 25.5 Å². The van der Waals surface area contributed by atoms with E-state index < -0.39 is 6.10 Å². The lowest BCUT2D eigenvalue weighted by Crippen LogP contribution is -2.36. The lowest BCUT2D eigenvalue weighted by Gasteiger charge is -2.22. The third kappa shape index (κ3) is 3.21. The number of aliphatic hydroxyl groups excluding tert-OH is 1. The topological polar surface area (TPSA) is 60.9 Å². The van der Waals surface area contributed by atoms with Crippen molar-refractivity contribution < 1.29 is 14.7 Å². The first-order valence-electron chi connectivity index (χ1n) is 7.99. The van der Waals surface area contributed by atoms with Gasteiger partial charge < -0.3 is 14.9 Å². The van der Waals surface area contributed by atoms with Crippen LogP contribution < -0.4 is 4.90 Å². The highest BCUT2D eigenvalue weighted by Crippen LogP contribution is 2.32. The fraction of sp³-hybridized carbons (Fsp3) is 0.529. The maximum atomic E-state index is 12.7. The van der Waals surface area contributed by atoms with Crippen LogP contribution in [0.5, 0.6) is 0 Å². The van der Waals surface area contributed by atoms with Crippen LogP contribution in [0.2, 0.25) is 5.02 Å². The highest BCUT2D eigenvalue weighted by Gasteiger charge is 2.40. The molecule has 3 atom stereocenters. The van der Waals surface area contributed by atoms with Gasteiger partial charge in [0, 0.05) is 32.0 Å². The number of amides is 2. The van der Waals surface area contributed by atoms with Crippen molar-refractivity contribution in [2.24, 2.45) is 11.8 Å². The van der Waals surface area contributed by atoms with Gasteiger partial charge in [0.1, 0.15) is 0 Å². The Labute approximate surface area is 140 Å². The summed E-state index contributed by atoms with van der Waals surface area (Å²) < 4.78 is 0. The van der Waals surface area contributed by atoms with Crippen molar-refractivity contribution in [2.45, 2.75) is 25.9 Å². The molecule has 0 bridgehead atoms. The van der Waals surface area contributed by atoms with Gasteiger partial charge in [-0.3, -0.25) is 9.59 Å². The number of halogens is 1. The average molecular weight is 337 g/mol. The van der Waals surface area contributed by atoms with E-state index in [4.69, 9.17) is 11.6 Å². The summed E-state index contributed by atoms with van der Waals surface area (Å²) in [7, 11) is 0. The molecule has 2 fully saturated rings. The number of hydrogen-bond donors (Lipinski definition) is 1. The minimum absolute atomic E-state index is 0.0102. The van der Waals surface area contributed by atoms with Gasteiger partial charge in [-0.25, -0.2) is 0 Å². The van der Waals surface area contributed by atoms with Crippen molar-refractivity contribution in [2.75, 3.05) is 24.5 Å². The van der Waals surface area contributed by atoms with Gasteiger partial charge in [0.2, 0.25) is 11.8 Å². The van der Waals surface area contributed by atoms with Gasteiger partial charge in [-0.1, -0.05) is 23.7 Å². The Morgan fingerprint density at radius 2 is 2.09 bits per heavy atom. The quantitative estimate of drug-likeness (QED) is 0.917. The van der Waals surface area contributed by atoms with Crippen molar-refractivity contribution in [3.63, 3.8) is 0 Å². The molecule has 3 unspecified atom stereocenters. The molecular weight excluding hydrogens is 316 g/mol. The molecule has 2 heterocycles. The number of aliphatic hydroxyl groups is 1. The second-order valence-electron chi connectivity index (χ2n) is 6.43. The van der Waals surface area contributed by atoms with Gasteiger partial charge in [0.05, 0.1) is 22.7 Å². The van der Waals surface area contributed by atoms with E-state index >= 15 is 0 Å². The molecular formula is C17H21ClN2O3. The Kier molecular flexibility index (Phi) is 4.60. The monoisotopic (exact) mass is 336 g/mol. The van der Waals surface area contributed by atoms with Gasteiger partial charge in [0.15, 0.2) is 0 Å². The molecule has 1 aromatic rings. The van der Waals surface area contributed by atoms with Crippen LogP contribution in [0.1, 0.15) is 19.8 Å². The molecule has 0 saturated carbocycles. The zero-order chi connectivity index (χ0) is 16.6. The molecule has 0 spiro atoms. The summed E-state index contributed by atoms with van der Waals surface area (Å²) in [6.07, 6.45) is 0.635. The number of para-hydroxylation sites is 1. The smallest absolute Gasteiger partial charge is 0.228 e. The van der Waals surface area contributed by atoms with E-state index in [2.05, 4.69) is 0 Å². The Bertz CT molecular complexity index is 620. The third-order valence-electron chi connectivity index (χ3n) is 4.84. The predicted octanol–water partition coefficient (Wildman–Crippen LogP) is 1.92. The molecule has 124 valence electrons. The summed E-state index contributed by atoms with van der Waals surface area (Å²) in [5.41, 5.74) is 0.665. The number of hydrogen-bond acceptors (Lipinski definition) is 3. The van der Waals surface area contributed by atoms with Crippen LogP contribution in [-0.2, 0) is 9.59 Å². The van der Waals surface area contributed by atoms with Crippen LogP contribution in [0.25, 0.3) is 0 Å². The molecule has 1 aromatic carbocycles. The molecule has 0 radical (unpaired) electrons. The highest BCUT2D eigenvalue weighted by atomic mass is 35.5. The molecule has 2 saturated heterocycles. The summed E-state index contributed by atoms with van der Waals surface area (Å²) in [6.45, 7) is 3.37. The average Bonchev–Trinajstić information content (AvgIpc) is 3.14. The van der Waals surface area contributed by atoms with Crippen molar-refractivity contribution in [3.05, 3.63) is 29.3 Å². The van der Waals surface area contributed by atoms with E-state index in [0.29, 0.717) is 30.3 Å². The third-order valence-corrected chi connectivity index (χ3v) is 5.16. The van der Waals surface area contributed by atoms with Crippen LogP contribution in [-0.4, -0.2) is 47.6 Å². The number of rotatable bonds is 3. The van der Waals surface area contributed by atoms with Crippen LogP contribution in [0.3, 0.4) is 0 Å². The second kappa shape index (κ2) is 6.49. The predicted molar refractivity (Wildman–Crippen MR) is 88.3 cm³/mol. The van der Waals surface area contributed by atoms with Crippen LogP contribution in [0.15, 0.2) is 24.3 Å². The maximum Gasteiger partial charge on any atom is 0.228 e. The van der Waals surface area contributed by atoms with Crippen LogP contribution in [0, 0.1) is 11.8 Å². The van der Waals surface area contributed by atoms with Crippen LogP contribution in [0.4, 0.5) is 5.69 Å². The molecule has 0 aliphatic carbocycles. The SMILES string of the molecule is CC(O)C1CCN(C(=O)C2CC(=O)N(c3ccccc3Cl)C2)C1. The largest absolute Gasteiger partial charge is 0.393 e.